The summed E-state index contributed by atoms with van der Waals surface area (Å²) in [6.07, 6.45) is 0.515. The molecule has 0 aromatic heterocycles. The van der Waals surface area contributed by atoms with E-state index < -0.39 is 23.8 Å². The number of hydrogen-bond donors (Lipinski definition) is 1. The molecule has 6 nitrogen and oxygen atoms in total. The maximum absolute atomic E-state index is 13.6. The number of methoxy groups -OCH3 is 1. The first-order valence-corrected chi connectivity index (χ1v) is 12.6. The van der Waals surface area contributed by atoms with Gasteiger partial charge in [-0.05, 0) is 42.7 Å². The minimum absolute atomic E-state index is 0.209. The lowest BCUT2D eigenvalue weighted by atomic mass is 9.69. The van der Waals surface area contributed by atoms with Gasteiger partial charge >= 0.3 is 11.9 Å². The number of esters is 2. The lowest BCUT2D eigenvalue weighted by molar-refractivity contribution is -0.151. The van der Waals surface area contributed by atoms with Crippen molar-refractivity contribution >= 4 is 45.4 Å². The van der Waals surface area contributed by atoms with Crippen molar-refractivity contribution in [1.29, 1.82) is 0 Å². The molecule has 1 aromatic rings. The molecule has 1 aliphatic heterocycles. The van der Waals surface area contributed by atoms with E-state index in [4.69, 9.17) is 9.47 Å². The number of carbonyl (C=O) groups is 3. The average Bonchev–Trinajstić information content (AvgIpc) is 2.76. The van der Waals surface area contributed by atoms with Crippen LogP contribution in [0.3, 0.4) is 0 Å². The van der Waals surface area contributed by atoms with Crippen LogP contribution in [0, 0.1) is 11.8 Å². The zero-order valence-corrected chi connectivity index (χ0v) is 21.1. The van der Waals surface area contributed by atoms with Crippen molar-refractivity contribution in [3.05, 3.63) is 56.8 Å². The summed E-state index contributed by atoms with van der Waals surface area (Å²) in [5.41, 5.74) is 3.07. The predicted octanol–water partition coefficient (Wildman–Crippen LogP) is 4.36. The van der Waals surface area contributed by atoms with Crippen LogP contribution in [0.1, 0.15) is 38.7 Å². The Morgan fingerprint density at radius 1 is 1.25 bits per heavy atom. The number of nitrogens with one attached hydrogen (secondary N) is 1. The van der Waals surface area contributed by atoms with E-state index in [0.717, 1.165) is 21.5 Å². The van der Waals surface area contributed by atoms with Crippen LogP contribution in [0.15, 0.2) is 51.3 Å². The normalized spacial score (nSPS) is 22.9. The van der Waals surface area contributed by atoms with Gasteiger partial charge in [0.15, 0.2) is 5.78 Å². The van der Waals surface area contributed by atoms with Crippen molar-refractivity contribution in [2.75, 3.05) is 25.2 Å². The smallest absolute Gasteiger partial charge is 0.336 e. The zero-order valence-electron chi connectivity index (χ0n) is 18.7. The van der Waals surface area contributed by atoms with Crippen LogP contribution in [-0.2, 0) is 23.9 Å². The Hall–Kier alpha value is -2.06. The Morgan fingerprint density at radius 2 is 1.94 bits per heavy atom. The van der Waals surface area contributed by atoms with E-state index in [9.17, 15) is 14.4 Å². The maximum Gasteiger partial charge on any atom is 0.336 e. The second-order valence-electron chi connectivity index (χ2n) is 7.92. The number of rotatable bonds is 7. The third-order valence-electron chi connectivity index (χ3n) is 5.83. The van der Waals surface area contributed by atoms with Gasteiger partial charge in [0.25, 0.3) is 0 Å². The Bertz CT molecular complexity index is 969. The van der Waals surface area contributed by atoms with Crippen LogP contribution in [0.4, 0.5) is 0 Å². The lowest BCUT2D eigenvalue weighted by Gasteiger charge is -2.38. The summed E-state index contributed by atoms with van der Waals surface area (Å²) < 4.78 is 11.4. The first kappa shape index (κ1) is 24.6. The second-order valence-corrected chi connectivity index (χ2v) is 10.2. The van der Waals surface area contributed by atoms with Crippen molar-refractivity contribution in [1.82, 2.24) is 5.32 Å². The summed E-state index contributed by atoms with van der Waals surface area (Å²) in [6, 6.07) is 7.52. The van der Waals surface area contributed by atoms with Gasteiger partial charge in [-0.15, -0.1) is 0 Å². The number of halogens is 1. The molecule has 0 fully saturated rings. The van der Waals surface area contributed by atoms with Crippen LogP contribution < -0.4 is 5.32 Å². The summed E-state index contributed by atoms with van der Waals surface area (Å²) in [6.45, 7) is 6.04. The fourth-order valence-electron chi connectivity index (χ4n) is 4.36. The third-order valence-corrected chi connectivity index (χ3v) is 7.22. The second kappa shape index (κ2) is 10.7. The van der Waals surface area contributed by atoms with Gasteiger partial charge in [-0.25, -0.2) is 4.79 Å². The first-order valence-electron chi connectivity index (χ1n) is 10.6. The van der Waals surface area contributed by atoms with E-state index in [0.29, 0.717) is 35.6 Å². The Kier molecular flexibility index (Phi) is 8.22. The molecule has 3 rings (SSSR count). The molecule has 32 heavy (non-hydrogen) atoms. The highest BCUT2D eigenvalue weighted by molar-refractivity contribution is 9.10. The summed E-state index contributed by atoms with van der Waals surface area (Å²) in [4.78, 5) is 39.2. The molecule has 2 aliphatic rings. The van der Waals surface area contributed by atoms with Gasteiger partial charge in [-0.2, -0.15) is 11.8 Å². The number of hydrogen-bond acceptors (Lipinski definition) is 7. The van der Waals surface area contributed by atoms with E-state index in [1.807, 2.05) is 38.1 Å². The molecule has 3 atom stereocenters. The monoisotopic (exact) mass is 521 g/mol. The molecule has 0 unspecified atom stereocenters. The van der Waals surface area contributed by atoms with Crippen molar-refractivity contribution < 1.29 is 23.9 Å². The van der Waals surface area contributed by atoms with Gasteiger partial charge in [0, 0.05) is 33.1 Å². The fraction of sp³-hybridized carbons (Fsp3) is 0.458. The summed E-state index contributed by atoms with van der Waals surface area (Å²) in [5, 5.41) is 3.27. The minimum atomic E-state index is -0.893. The minimum Gasteiger partial charge on any atom is -0.468 e. The first-order chi connectivity index (χ1) is 15.3. The largest absolute Gasteiger partial charge is 0.468 e. The highest BCUT2D eigenvalue weighted by atomic mass is 79.9. The molecular weight excluding hydrogens is 494 g/mol. The number of carbonyl (C=O) groups excluding carboxylic acids is 3. The zero-order chi connectivity index (χ0) is 23.4. The fourth-order valence-corrected chi connectivity index (χ4v) is 5.11. The summed E-state index contributed by atoms with van der Waals surface area (Å²) >= 11 is 5.13. The lowest BCUT2D eigenvalue weighted by Crippen LogP contribution is -2.43. The molecule has 0 radical (unpaired) electrons. The standard InChI is InChI=1S/C24H28BrNO5S/c1-5-32-11-10-31-24(29)19-14(3)26-17-12-13(2)18(23(28)30-4)22(27)21(17)20(19)15-6-8-16(25)9-7-15/h6-9,13,18,20,26H,5,10-12H2,1-4H3/t13-,18+,20+/m0/s1. The molecule has 1 aromatic carbocycles. The Balaban J connectivity index is 2.06. The van der Waals surface area contributed by atoms with Crippen molar-refractivity contribution in [2.24, 2.45) is 11.8 Å². The quantitative estimate of drug-likeness (QED) is 0.324. The Labute approximate surface area is 201 Å². The van der Waals surface area contributed by atoms with Crippen molar-refractivity contribution in [3.63, 3.8) is 0 Å². The van der Waals surface area contributed by atoms with Gasteiger partial charge < -0.3 is 14.8 Å². The van der Waals surface area contributed by atoms with Crippen molar-refractivity contribution in [2.45, 2.75) is 33.1 Å². The highest BCUT2D eigenvalue weighted by Crippen LogP contribution is 2.45. The molecule has 1 heterocycles. The van der Waals surface area contributed by atoms with Crippen LogP contribution in [0.25, 0.3) is 0 Å². The molecule has 0 amide bonds. The molecule has 0 bridgehead atoms. The van der Waals surface area contributed by atoms with Gasteiger partial charge in [0.2, 0.25) is 0 Å². The number of Topliss-reactive ketones (excluding diaryl/α,β-unsaturated/α-hetero) is 1. The molecular formula is C24H28BrNO5S. The number of ether oxygens (including phenoxy) is 2. The van der Waals surface area contributed by atoms with Gasteiger partial charge in [-0.1, -0.05) is 41.9 Å². The molecule has 172 valence electrons. The van der Waals surface area contributed by atoms with E-state index in [-0.39, 0.29) is 11.7 Å². The number of dihydropyridines is 1. The van der Waals surface area contributed by atoms with E-state index in [1.54, 1.807) is 11.8 Å². The van der Waals surface area contributed by atoms with Crippen LogP contribution >= 0.6 is 27.7 Å². The van der Waals surface area contributed by atoms with E-state index in [1.165, 1.54) is 7.11 Å². The van der Waals surface area contributed by atoms with E-state index in [2.05, 4.69) is 28.2 Å². The topological polar surface area (TPSA) is 81.7 Å². The number of allylic oxidation sites excluding steroid dienone is 3. The predicted molar refractivity (Wildman–Crippen MR) is 128 cm³/mol. The van der Waals surface area contributed by atoms with Crippen LogP contribution in [-0.4, -0.2) is 42.9 Å². The highest BCUT2D eigenvalue weighted by Gasteiger charge is 2.47. The number of benzene rings is 1. The molecule has 0 spiro atoms. The number of thioether (sulfide) groups is 1. The maximum atomic E-state index is 13.6. The Morgan fingerprint density at radius 3 is 2.56 bits per heavy atom. The van der Waals surface area contributed by atoms with E-state index >= 15 is 0 Å². The summed E-state index contributed by atoms with van der Waals surface area (Å²) in [5.74, 6) is -1.36. The third kappa shape index (κ3) is 4.96. The van der Waals surface area contributed by atoms with Gasteiger partial charge in [-0.3, -0.25) is 9.59 Å². The van der Waals surface area contributed by atoms with Crippen LogP contribution in [0.5, 0.6) is 0 Å². The SMILES string of the molecule is CCSCCOC(=O)C1=C(C)NC2=C(C(=O)[C@H](C(=O)OC)[C@@H](C)C2)[C@@H]1c1ccc(Br)cc1. The summed E-state index contributed by atoms with van der Waals surface area (Å²) in [7, 11) is 1.29. The molecule has 0 saturated carbocycles. The number of ketones is 1. The van der Waals surface area contributed by atoms with Crippen molar-refractivity contribution in [3.8, 4) is 0 Å². The molecule has 0 saturated heterocycles. The molecule has 8 heteroatoms. The molecule has 1 N–H and O–H groups in total. The van der Waals surface area contributed by atoms with Crippen LogP contribution in [0.2, 0.25) is 0 Å². The van der Waals surface area contributed by atoms with Gasteiger partial charge in [0.1, 0.15) is 12.5 Å². The van der Waals surface area contributed by atoms with Gasteiger partial charge in [0.05, 0.1) is 12.7 Å². The average molecular weight is 522 g/mol. The molecule has 1 aliphatic carbocycles.